The summed E-state index contributed by atoms with van der Waals surface area (Å²) >= 11 is 0. The fourth-order valence-electron chi connectivity index (χ4n) is 1.80. The van der Waals surface area contributed by atoms with Crippen LogP contribution in [0.5, 0.6) is 0 Å². The number of nitrogens with zero attached hydrogens (tertiary/aromatic N) is 1. The van der Waals surface area contributed by atoms with Crippen LogP contribution in [-0.4, -0.2) is 62.9 Å². The highest BCUT2D eigenvalue weighted by molar-refractivity contribution is 5.70. The Labute approximate surface area is 110 Å². The molecule has 0 aromatic rings. The minimum absolute atomic E-state index is 0.0487. The van der Waals surface area contributed by atoms with Crippen molar-refractivity contribution in [2.45, 2.75) is 38.8 Å². The standard InChI is InChI=1S/C13H26N2O3/c1-4-18-13(16)10-17-8-7-14-9-11(2)15(3)12-5-6-12/h11-12,14H,4-10H2,1-3H3. The smallest absolute Gasteiger partial charge is 0.332 e. The van der Waals surface area contributed by atoms with Crippen LogP contribution in [-0.2, 0) is 14.3 Å². The van der Waals surface area contributed by atoms with Gasteiger partial charge in [-0.2, -0.15) is 0 Å². The van der Waals surface area contributed by atoms with E-state index in [9.17, 15) is 4.79 Å². The minimum Gasteiger partial charge on any atom is -0.464 e. The molecule has 0 aliphatic heterocycles. The summed E-state index contributed by atoms with van der Waals surface area (Å²) < 4.78 is 9.96. The molecule has 5 heteroatoms. The predicted octanol–water partition coefficient (Wildman–Crippen LogP) is 0.638. The first kappa shape index (κ1) is 15.4. The Morgan fingerprint density at radius 1 is 1.50 bits per heavy atom. The molecule has 1 aliphatic rings. The zero-order valence-corrected chi connectivity index (χ0v) is 11.8. The van der Waals surface area contributed by atoms with Gasteiger partial charge in [0.15, 0.2) is 0 Å². The van der Waals surface area contributed by atoms with Crippen LogP contribution >= 0.6 is 0 Å². The Bertz CT molecular complexity index is 244. The Morgan fingerprint density at radius 2 is 2.22 bits per heavy atom. The largest absolute Gasteiger partial charge is 0.464 e. The molecule has 1 aliphatic carbocycles. The minimum atomic E-state index is -0.292. The first-order chi connectivity index (χ1) is 8.65. The first-order valence-electron chi connectivity index (χ1n) is 6.81. The van der Waals surface area contributed by atoms with Gasteiger partial charge in [0.1, 0.15) is 6.61 Å². The summed E-state index contributed by atoms with van der Waals surface area (Å²) in [5.41, 5.74) is 0. The molecule has 0 spiro atoms. The maximum Gasteiger partial charge on any atom is 0.332 e. The van der Waals surface area contributed by atoms with E-state index in [2.05, 4.69) is 24.2 Å². The summed E-state index contributed by atoms with van der Waals surface area (Å²) in [6.07, 6.45) is 2.67. The Kier molecular flexibility index (Phi) is 7.23. The van der Waals surface area contributed by atoms with Gasteiger partial charge < -0.3 is 14.8 Å². The number of carbonyl (C=O) groups is 1. The second kappa shape index (κ2) is 8.45. The molecular weight excluding hydrogens is 232 g/mol. The first-order valence-corrected chi connectivity index (χ1v) is 6.81. The normalized spacial score (nSPS) is 16.9. The lowest BCUT2D eigenvalue weighted by molar-refractivity contribution is -0.148. The van der Waals surface area contributed by atoms with Crippen LogP contribution in [0.25, 0.3) is 0 Å². The number of hydrogen-bond acceptors (Lipinski definition) is 5. The average molecular weight is 258 g/mol. The van der Waals surface area contributed by atoms with E-state index in [4.69, 9.17) is 9.47 Å². The summed E-state index contributed by atoms with van der Waals surface area (Å²) in [4.78, 5) is 13.4. The topological polar surface area (TPSA) is 50.8 Å². The van der Waals surface area contributed by atoms with Crippen molar-refractivity contribution in [1.82, 2.24) is 10.2 Å². The Hall–Kier alpha value is -0.650. The van der Waals surface area contributed by atoms with Gasteiger partial charge >= 0.3 is 5.97 Å². The van der Waals surface area contributed by atoms with Crippen LogP contribution < -0.4 is 5.32 Å². The number of likely N-dealkylation sites (N-methyl/N-ethyl adjacent to an activating group) is 1. The van der Waals surface area contributed by atoms with Gasteiger partial charge in [0.2, 0.25) is 0 Å². The van der Waals surface area contributed by atoms with E-state index in [-0.39, 0.29) is 12.6 Å². The van der Waals surface area contributed by atoms with E-state index in [1.807, 2.05) is 0 Å². The van der Waals surface area contributed by atoms with E-state index >= 15 is 0 Å². The zero-order chi connectivity index (χ0) is 13.4. The monoisotopic (exact) mass is 258 g/mol. The summed E-state index contributed by atoms with van der Waals surface area (Å²) in [6, 6.07) is 1.34. The molecule has 0 bridgehead atoms. The second-order valence-corrected chi connectivity index (χ2v) is 4.81. The van der Waals surface area contributed by atoms with Gasteiger partial charge in [-0.25, -0.2) is 4.79 Å². The molecule has 0 aromatic carbocycles. The molecule has 18 heavy (non-hydrogen) atoms. The van der Waals surface area contributed by atoms with Crippen molar-refractivity contribution in [3.05, 3.63) is 0 Å². The van der Waals surface area contributed by atoms with Crippen molar-refractivity contribution < 1.29 is 14.3 Å². The maximum absolute atomic E-state index is 11.0. The van der Waals surface area contributed by atoms with Crippen molar-refractivity contribution in [2.75, 3.05) is 40.0 Å². The van der Waals surface area contributed by atoms with Crippen LogP contribution in [0.2, 0.25) is 0 Å². The van der Waals surface area contributed by atoms with E-state index in [0.29, 0.717) is 19.3 Å². The van der Waals surface area contributed by atoms with Gasteiger partial charge in [-0.05, 0) is 33.7 Å². The summed E-state index contributed by atoms with van der Waals surface area (Å²) in [6.45, 7) is 6.73. The van der Waals surface area contributed by atoms with Crippen LogP contribution in [0.3, 0.4) is 0 Å². The lowest BCUT2D eigenvalue weighted by Crippen LogP contribution is -2.40. The number of hydrogen-bond donors (Lipinski definition) is 1. The van der Waals surface area contributed by atoms with Gasteiger partial charge in [-0.15, -0.1) is 0 Å². The summed E-state index contributed by atoms with van der Waals surface area (Å²) in [7, 11) is 2.18. The fraction of sp³-hybridized carbons (Fsp3) is 0.923. The number of ether oxygens (including phenoxy) is 2. The molecule has 0 heterocycles. The Morgan fingerprint density at radius 3 is 2.83 bits per heavy atom. The third-order valence-corrected chi connectivity index (χ3v) is 3.21. The maximum atomic E-state index is 11.0. The molecule has 0 amide bonds. The summed E-state index contributed by atoms with van der Waals surface area (Å²) in [5.74, 6) is -0.292. The van der Waals surface area contributed by atoms with Crippen molar-refractivity contribution in [1.29, 1.82) is 0 Å². The van der Waals surface area contributed by atoms with E-state index < -0.39 is 0 Å². The molecule has 0 aromatic heterocycles. The highest BCUT2D eigenvalue weighted by atomic mass is 16.6. The molecule has 1 saturated carbocycles. The van der Waals surface area contributed by atoms with Crippen LogP contribution in [0, 0.1) is 0 Å². The van der Waals surface area contributed by atoms with Gasteiger partial charge in [-0.3, -0.25) is 4.90 Å². The average Bonchev–Trinajstić information content (AvgIpc) is 3.16. The third-order valence-electron chi connectivity index (χ3n) is 3.21. The fourth-order valence-corrected chi connectivity index (χ4v) is 1.80. The van der Waals surface area contributed by atoms with Crippen LogP contribution in [0.1, 0.15) is 26.7 Å². The lowest BCUT2D eigenvalue weighted by Gasteiger charge is -2.24. The van der Waals surface area contributed by atoms with Gasteiger partial charge in [0.25, 0.3) is 0 Å². The molecule has 0 saturated heterocycles. The van der Waals surface area contributed by atoms with Crippen LogP contribution in [0.4, 0.5) is 0 Å². The Balaban J connectivity index is 1.90. The SMILES string of the molecule is CCOC(=O)COCCNCC(C)N(C)C1CC1. The van der Waals surface area contributed by atoms with Gasteiger partial charge in [0.05, 0.1) is 13.2 Å². The van der Waals surface area contributed by atoms with Gasteiger partial charge in [-0.1, -0.05) is 0 Å². The quantitative estimate of drug-likeness (QED) is 0.460. The number of nitrogens with one attached hydrogen (secondary N) is 1. The number of carbonyl (C=O) groups excluding carboxylic acids is 1. The number of rotatable bonds is 10. The summed E-state index contributed by atoms with van der Waals surface area (Å²) in [5, 5.41) is 3.34. The molecule has 0 radical (unpaired) electrons. The van der Waals surface area contributed by atoms with E-state index in [1.54, 1.807) is 6.92 Å². The molecule has 1 fully saturated rings. The molecule has 1 N–H and O–H groups in total. The van der Waals surface area contributed by atoms with E-state index in [1.165, 1.54) is 12.8 Å². The molecule has 1 unspecified atom stereocenters. The predicted molar refractivity (Wildman–Crippen MR) is 70.6 cm³/mol. The molecule has 1 atom stereocenters. The van der Waals surface area contributed by atoms with Crippen molar-refractivity contribution in [2.24, 2.45) is 0 Å². The molecular formula is C13H26N2O3. The highest BCUT2D eigenvalue weighted by Gasteiger charge is 2.28. The molecule has 1 rings (SSSR count). The van der Waals surface area contributed by atoms with E-state index in [0.717, 1.165) is 19.1 Å². The van der Waals surface area contributed by atoms with Gasteiger partial charge in [0, 0.05) is 25.2 Å². The lowest BCUT2D eigenvalue weighted by atomic mass is 10.3. The molecule has 5 nitrogen and oxygen atoms in total. The third kappa shape index (κ3) is 6.33. The van der Waals surface area contributed by atoms with Crippen LogP contribution in [0.15, 0.2) is 0 Å². The van der Waals surface area contributed by atoms with Crippen molar-refractivity contribution in [3.63, 3.8) is 0 Å². The van der Waals surface area contributed by atoms with Crippen molar-refractivity contribution >= 4 is 5.97 Å². The highest BCUT2D eigenvalue weighted by Crippen LogP contribution is 2.26. The number of esters is 1. The molecule has 106 valence electrons. The van der Waals surface area contributed by atoms with Crippen molar-refractivity contribution in [3.8, 4) is 0 Å². The second-order valence-electron chi connectivity index (χ2n) is 4.81. The zero-order valence-electron chi connectivity index (χ0n) is 11.8.